The van der Waals surface area contributed by atoms with Crippen molar-refractivity contribution in [1.29, 1.82) is 0 Å². The first-order valence-corrected chi connectivity index (χ1v) is 5.68. The van der Waals surface area contributed by atoms with Crippen molar-refractivity contribution in [2.75, 3.05) is 7.11 Å². The summed E-state index contributed by atoms with van der Waals surface area (Å²) in [4.78, 5) is 0. The third-order valence-electron chi connectivity index (χ3n) is 2.92. The van der Waals surface area contributed by atoms with Crippen LogP contribution in [0.2, 0.25) is 0 Å². The molecule has 2 nitrogen and oxygen atoms in total. The Labute approximate surface area is 102 Å². The van der Waals surface area contributed by atoms with Crippen molar-refractivity contribution in [3.8, 4) is 16.9 Å². The maximum Gasteiger partial charge on any atom is 0.119 e. The van der Waals surface area contributed by atoms with Crippen LogP contribution in [0.3, 0.4) is 0 Å². The smallest absolute Gasteiger partial charge is 0.119 e. The molecule has 17 heavy (non-hydrogen) atoms. The van der Waals surface area contributed by atoms with E-state index in [9.17, 15) is 0 Å². The molecular formula is C15H17NO. The normalized spacial score (nSPS) is 10.3. The van der Waals surface area contributed by atoms with Crippen LogP contribution >= 0.6 is 0 Å². The molecule has 2 heteroatoms. The van der Waals surface area contributed by atoms with Gasteiger partial charge in [0.2, 0.25) is 0 Å². The Morgan fingerprint density at radius 1 is 1.12 bits per heavy atom. The van der Waals surface area contributed by atoms with Crippen molar-refractivity contribution in [3.05, 3.63) is 53.6 Å². The fourth-order valence-electron chi connectivity index (χ4n) is 1.90. The molecule has 0 aliphatic rings. The highest BCUT2D eigenvalue weighted by Gasteiger charge is 2.04. The van der Waals surface area contributed by atoms with Gasteiger partial charge in [-0.15, -0.1) is 0 Å². The molecule has 0 aromatic heterocycles. The summed E-state index contributed by atoms with van der Waals surface area (Å²) >= 11 is 0. The molecule has 0 unspecified atom stereocenters. The monoisotopic (exact) mass is 227 g/mol. The fraction of sp³-hybridized carbons (Fsp3) is 0.200. The Hall–Kier alpha value is -1.80. The minimum atomic E-state index is 0.567. The lowest BCUT2D eigenvalue weighted by Gasteiger charge is -2.09. The fourth-order valence-corrected chi connectivity index (χ4v) is 1.90. The first-order chi connectivity index (χ1) is 8.24. The van der Waals surface area contributed by atoms with Crippen molar-refractivity contribution in [2.24, 2.45) is 5.73 Å². The van der Waals surface area contributed by atoms with Gasteiger partial charge in [-0.2, -0.15) is 0 Å². The van der Waals surface area contributed by atoms with E-state index in [1.807, 2.05) is 18.2 Å². The van der Waals surface area contributed by atoms with Crippen molar-refractivity contribution >= 4 is 0 Å². The van der Waals surface area contributed by atoms with Gasteiger partial charge in [0.25, 0.3) is 0 Å². The predicted molar refractivity (Wildman–Crippen MR) is 71.1 cm³/mol. The van der Waals surface area contributed by atoms with Crippen LogP contribution in [0, 0.1) is 6.92 Å². The number of aryl methyl sites for hydroxylation is 1. The molecule has 2 aromatic carbocycles. The summed E-state index contributed by atoms with van der Waals surface area (Å²) in [5.74, 6) is 0.875. The second-order valence-corrected chi connectivity index (χ2v) is 4.09. The molecule has 0 heterocycles. The molecule has 0 amide bonds. The molecule has 2 aromatic rings. The summed E-state index contributed by atoms with van der Waals surface area (Å²) in [7, 11) is 1.68. The lowest BCUT2D eigenvalue weighted by atomic mass is 9.98. The largest absolute Gasteiger partial charge is 0.497 e. The highest BCUT2D eigenvalue weighted by molar-refractivity contribution is 5.69. The van der Waals surface area contributed by atoms with Gasteiger partial charge in [0.15, 0.2) is 0 Å². The molecule has 0 radical (unpaired) electrons. The number of hydrogen-bond acceptors (Lipinski definition) is 2. The van der Waals surface area contributed by atoms with E-state index in [-0.39, 0.29) is 0 Å². The summed E-state index contributed by atoms with van der Waals surface area (Å²) < 4.78 is 5.25. The summed E-state index contributed by atoms with van der Waals surface area (Å²) in [6, 6.07) is 14.4. The van der Waals surface area contributed by atoms with Crippen LogP contribution in [-0.2, 0) is 6.54 Å². The van der Waals surface area contributed by atoms with Crippen LogP contribution in [0.4, 0.5) is 0 Å². The molecule has 2 N–H and O–H groups in total. The summed E-state index contributed by atoms with van der Waals surface area (Å²) in [6.07, 6.45) is 0. The van der Waals surface area contributed by atoms with Gasteiger partial charge in [-0.1, -0.05) is 24.3 Å². The predicted octanol–water partition coefficient (Wildman–Crippen LogP) is 3.13. The standard InChI is InChI=1S/C15H17NO/c1-11-6-7-12(10-16)8-15(11)13-4-3-5-14(9-13)17-2/h3-9H,10,16H2,1-2H3. The molecule has 0 saturated carbocycles. The molecule has 0 atom stereocenters. The highest BCUT2D eigenvalue weighted by Crippen LogP contribution is 2.27. The second-order valence-electron chi connectivity index (χ2n) is 4.09. The number of methoxy groups -OCH3 is 1. The Bertz CT molecular complexity index is 520. The molecule has 0 aliphatic heterocycles. The summed E-state index contributed by atoms with van der Waals surface area (Å²) in [5.41, 5.74) is 10.4. The highest BCUT2D eigenvalue weighted by atomic mass is 16.5. The van der Waals surface area contributed by atoms with E-state index >= 15 is 0 Å². The van der Waals surface area contributed by atoms with Gasteiger partial charge < -0.3 is 10.5 Å². The third kappa shape index (κ3) is 2.48. The Balaban J connectivity index is 2.50. The average molecular weight is 227 g/mol. The Morgan fingerprint density at radius 3 is 2.65 bits per heavy atom. The molecule has 0 fully saturated rings. The Kier molecular flexibility index (Phi) is 3.45. The van der Waals surface area contributed by atoms with E-state index in [4.69, 9.17) is 10.5 Å². The van der Waals surface area contributed by atoms with Gasteiger partial charge >= 0.3 is 0 Å². The maximum atomic E-state index is 5.68. The lowest BCUT2D eigenvalue weighted by molar-refractivity contribution is 0.415. The molecule has 0 aliphatic carbocycles. The van der Waals surface area contributed by atoms with Gasteiger partial charge in [-0.05, 0) is 47.4 Å². The van der Waals surface area contributed by atoms with E-state index in [0.717, 1.165) is 16.9 Å². The van der Waals surface area contributed by atoms with E-state index in [0.29, 0.717) is 6.54 Å². The molecule has 0 saturated heterocycles. The summed E-state index contributed by atoms with van der Waals surface area (Å²) in [6.45, 7) is 2.67. The quantitative estimate of drug-likeness (QED) is 0.874. The molecule has 88 valence electrons. The molecule has 0 spiro atoms. The van der Waals surface area contributed by atoms with Crippen molar-refractivity contribution in [3.63, 3.8) is 0 Å². The lowest BCUT2D eigenvalue weighted by Crippen LogP contribution is -1.97. The topological polar surface area (TPSA) is 35.2 Å². The molecular weight excluding hydrogens is 210 g/mol. The van der Waals surface area contributed by atoms with E-state index < -0.39 is 0 Å². The molecule has 0 bridgehead atoms. The first kappa shape index (κ1) is 11.7. The molecule has 2 rings (SSSR count). The van der Waals surface area contributed by atoms with E-state index in [1.165, 1.54) is 11.1 Å². The number of hydrogen-bond donors (Lipinski definition) is 1. The number of nitrogens with two attached hydrogens (primary N) is 1. The zero-order valence-electron chi connectivity index (χ0n) is 10.2. The first-order valence-electron chi connectivity index (χ1n) is 5.68. The van der Waals surface area contributed by atoms with Crippen LogP contribution in [0.25, 0.3) is 11.1 Å². The van der Waals surface area contributed by atoms with Crippen molar-refractivity contribution < 1.29 is 4.74 Å². The minimum Gasteiger partial charge on any atom is -0.497 e. The van der Waals surface area contributed by atoms with E-state index in [1.54, 1.807) is 7.11 Å². The zero-order chi connectivity index (χ0) is 12.3. The van der Waals surface area contributed by atoms with Crippen LogP contribution in [0.15, 0.2) is 42.5 Å². The van der Waals surface area contributed by atoms with Crippen LogP contribution in [-0.4, -0.2) is 7.11 Å². The Morgan fingerprint density at radius 2 is 1.94 bits per heavy atom. The van der Waals surface area contributed by atoms with Gasteiger partial charge in [0.05, 0.1) is 7.11 Å². The number of ether oxygens (including phenoxy) is 1. The maximum absolute atomic E-state index is 5.68. The zero-order valence-corrected chi connectivity index (χ0v) is 10.2. The third-order valence-corrected chi connectivity index (χ3v) is 2.92. The van der Waals surface area contributed by atoms with Gasteiger partial charge in [-0.3, -0.25) is 0 Å². The summed E-state index contributed by atoms with van der Waals surface area (Å²) in [5, 5.41) is 0. The van der Waals surface area contributed by atoms with Crippen molar-refractivity contribution in [2.45, 2.75) is 13.5 Å². The van der Waals surface area contributed by atoms with Crippen LogP contribution in [0.5, 0.6) is 5.75 Å². The van der Waals surface area contributed by atoms with Crippen LogP contribution in [0.1, 0.15) is 11.1 Å². The van der Waals surface area contributed by atoms with Crippen molar-refractivity contribution in [1.82, 2.24) is 0 Å². The SMILES string of the molecule is COc1cccc(-c2cc(CN)ccc2C)c1. The van der Waals surface area contributed by atoms with Gasteiger partial charge in [-0.25, -0.2) is 0 Å². The minimum absolute atomic E-state index is 0.567. The number of benzene rings is 2. The second kappa shape index (κ2) is 5.02. The van der Waals surface area contributed by atoms with E-state index in [2.05, 4.69) is 31.2 Å². The van der Waals surface area contributed by atoms with Crippen LogP contribution < -0.4 is 10.5 Å². The van der Waals surface area contributed by atoms with Gasteiger partial charge in [0.1, 0.15) is 5.75 Å². The number of rotatable bonds is 3. The van der Waals surface area contributed by atoms with Gasteiger partial charge in [0, 0.05) is 6.54 Å². The average Bonchev–Trinajstić information content (AvgIpc) is 2.39.